The van der Waals surface area contributed by atoms with Gasteiger partial charge in [-0.05, 0) is 6.92 Å². The number of allylic oxidation sites excluding steroid dienone is 1. The number of esters is 1. The molecule has 0 unspecified atom stereocenters. The molecule has 0 aromatic heterocycles. The molecule has 0 saturated carbocycles. The largest absolute Gasteiger partial charge is 0.462 e. The first-order chi connectivity index (χ1) is 4.72. The predicted molar refractivity (Wildman–Crippen MR) is 36.6 cm³/mol. The summed E-state index contributed by atoms with van der Waals surface area (Å²) >= 11 is 5.27. The summed E-state index contributed by atoms with van der Waals surface area (Å²) in [7, 11) is 0. The first-order valence-electron chi connectivity index (χ1n) is 2.70. The highest BCUT2D eigenvalue weighted by atomic mass is 35.5. The molecule has 0 aromatic carbocycles. The van der Waals surface area contributed by atoms with E-state index in [2.05, 4.69) is 4.74 Å². The molecule has 0 radical (unpaired) electrons. The van der Waals surface area contributed by atoms with Gasteiger partial charge in [-0.3, -0.25) is 4.79 Å². The van der Waals surface area contributed by atoms with Gasteiger partial charge in [-0.25, -0.2) is 4.79 Å². The maximum absolute atomic E-state index is 10.6. The van der Waals surface area contributed by atoms with E-state index < -0.39 is 5.97 Å². The van der Waals surface area contributed by atoms with E-state index in [-0.39, 0.29) is 11.6 Å². The van der Waals surface area contributed by atoms with Crippen LogP contribution in [0.5, 0.6) is 0 Å². The van der Waals surface area contributed by atoms with Crippen molar-refractivity contribution in [2.45, 2.75) is 6.92 Å². The minimum Gasteiger partial charge on any atom is -0.462 e. The number of halogens is 1. The lowest BCUT2D eigenvalue weighted by molar-refractivity contribution is -0.137. The number of hydrogen-bond acceptors (Lipinski definition) is 3. The van der Waals surface area contributed by atoms with Crippen molar-refractivity contribution >= 4 is 23.9 Å². The van der Waals surface area contributed by atoms with Crippen LogP contribution in [0.1, 0.15) is 6.92 Å². The summed E-state index contributed by atoms with van der Waals surface area (Å²) < 4.78 is 4.46. The molecule has 0 amide bonds. The molecule has 0 aliphatic heterocycles. The summed E-state index contributed by atoms with van der Waals surface area (Å²) in [5.41, 5.74) is 0. The summed E-state index contributed by atoms with van der Waals surface area (Å²) in [5, 5.41) is -0.197. The summed E-state index contributed by atoms with van der Waals surface area (Å²) in [6, 6.07) is 0. The average Bonchev–Trinajstić information content (AvgIpc) is 1.89. The third-order valence-corrected chi connectivity index (χ3v) is 0.965. The molecule has 0 atom stereocenters. The van der Waals surface area contributed by atoms with Crippen molar-refractivity contribution in [1.29, 1.82) is 0 Å². The van der Waals surface area contributed by atoms with Gasteiger partial charge in [0.1, 0.15) is 11.3 Å². The third-order valence-electron chi connectivity index (χ3n) is 0.685. The lowest BCUT2D eigenvalue weighted by Gasteiger charge is -1.96. The Hall–Kier alpha value is -0.830. The Balaban J connectivity index is 3.93. The Morgan fingerprint density at radius 1 is 1.70 bits per heavy atom. The Morgan fingerprint density at radius 2 is 2.30 bits per heavy atom. The lowest BCUT2D eigenvalue weighted by atomic mass is 10.5. The van der Waals surface area contributed by atoms with Gasteiger partial charge < -0.3 is 4.74 Å². The van der Waals surface area contributed by atoms with Crippen molar-refractivity contribution in [1.82, 2.24) is 0 Å². The molecular formula is C6H7ClO3. The zero-order valence-electron chi connectivity index (χ0n) is 5.46. The van der Waals surface area contributed by atoms with Gasteiger partial charge in [-0.15, -0.1) is 0 Å². The molecule has 0 aliphatic carbocycles. The number of rotatable bonds is 3. The second kappa shape index (κ2) is 4.99. The highest BCUT2D eigenvalue weighted by Crippen LogP contribution is 2.01. The van der Waals surface area contributed by atoms with E-state index in [0.717, 1.165) is 6.08 Å². The van der Waals surface area contributed by atoms with Crippen LogP contribution in [0.3, 0.4) is 0 Å². The molecule has 0 aliphatic rings. The SMILES string of the molecule is CCOC(=O)/C(Cl)=C/C=O. The van der Waals surface area contributed by atoms with Crippen molar-refractivity contribution < 1.29 is 14.3 Å². The Bertz CT molecular complexity index is 162. The van der Waals surface area contributed by atoms with E-state index in [4.69, 9.17) is 11.6 Å². The molecule has 0 fully saturated rings. The van der Waals surface area contributed by atoms with Crippen LogP contribution < -0.4 is 0 Å². The van der Waals surface area contributed by atoms with Crippen molar-refractivity contribution in [3.05, 3.63) is 11.1 Å². The van der Waals surface area contributed by atoms with Crippen LogP contribution in [0.15, 0.2) is 11.1 Å². The van der Waals surface area contributed by atoms with E-state index in [0.29, 0.717) is 6.29 Å². The Morgan fingerprint density at radius 3 is 2.70 bits per heavy atom. The third kappa shape index (κ3) is 3.25. The number of hydrogen-bond donors (Lipinski definition) is 0. The van der Waals surface area contributed by atoms with Gasteiger partial charge in [0.2, 0.25) is 0 Å². The first-order valence-corrected chi connectivity index (χ1v) is 3.08. The zero-order chi connectivity index (χ0) is 7.98. The molecule has 0 heterocycles. The van der Waals surface area contributed by atoms with Gasteiger partial charge in [-0.1, -0.05) is 11.6 Å². The summed E-state index contributed by atoms with van der Waals surface area (Å²) in [5.74, 6) is -0.670. The molecule has 56 valence electrons. The van der Waals surface area contributed by atoms with E-state index >= 15 is 0 Å². The molecule has 0 N–H and O–H groups in total. The van der Waals surface area contributed by atoms with Gasteiger partial charge in [-0.2, -0.15) is 0 Å². The number of carbonyl (C=O) groups excluding carboxylic acids is 2. The maximum Gasteiger partial charge on any atom is 0.349 e. The smallest absolute Gasteiger partial charge is 0.349 e. The van der Waals surface area contributed by atoms with E-state index in [1.54, 1.807) is 6.92 Å². The highest BCUT2D eigenvalue weighted by molar-refractivity contribution is 6.42. The van der Waals surface area contributed by atoms with Gasteiger partial charge in [0.15, 0.2) is 0 Å². The van der Waals surface area contributed by atoms with Crippen LogP contribution in [-0.4, -0.2) is 18.9 Å². The van der Waals surface area contributed by atoms with Crippen molar-refractivity contribution in [2.75, 3.05) is 6.61 Å². The molecule has 0 aromatic rings. The Labute approximate surface area is 63.6 Å². The van der Waals surface area contributed by atoms with Crippen molar-refractivity contribution in [2.24, 2.45) is 0 Å². The average molecular weight is 163 g/mol. The molecule has 0 saturated heterocycles. The van der Waals surface area contributed by atoms with Crippen LogP contribution in [0, 0.1) is 0 Å². The number of aldehydes is 1. The fourth-order valence-corrected chi connectivity index (χ4v) is 0.434. The van der Waals surface area contributed by atoms with Gasteiger partial charge >= 0.3 is 5.97 Å². The van der Waals surface area contributed by atoms with Crippen LogP contribution in [-0.2, 0) is 14.3 Å². The highest BCUT2D eigenvalue weighted by Gasteiger charge is 2.04. The topological polar surface area (TPSA) is 43.4 Å². The Kier molecular flexibility index (Phi) is 4.58. The standard InChI is InChI=1S/C6H7ClO3/c1-2-10-6(9)5(7)3-4-8/h3-4H,2H2,1H3/b5-3-. The fourth-order valence-electron chi connectivity index (χ4n) is 0.328. The van der Waals surface area contributed by atoms with Crippen LogP contribution >= 0.6 is 11.6 Å². The summed E-state index contributed by atoms with van der Waals surface area (Å²) in [6.45, 7) is 1.91. The van der Waals surface area contributed by atoms with Crippen molar-refractivity contribution in [3.63, 3.8) is 0 Å². The molecule has 4 heteroatoms. The van der Waals surface area contributed by atoms with Crippen LogP contribution in [0.4, 0.5) is 0 Å². The lowest BCUT2D eigenvalue weighted by Crippen LogP contribution is -2.03. The summed E-state index contributed by atoms with van der Waals surface area (Å²) in [6.07, 6.45) is 1.37. The molecule has 0 spiro atoms. The molecule has 0 rings (SSSR count). The molecule has 10 heavy (non-hydrogen) atoms. The normalized spacial score (nSPS) is 10.8. The first kappa shape index (κ1) is 9.17. The van der Waals surface area contributed by atoms with E-state index in [9.17, 15) is 9.59 Å². The van der Waals surface area contributed by atoms with Crippen LogP contribution in [0.2, 0.25) is 0 Å². The van der Waals surface area contributed by atoms with E-state index in [1.165, 1.54) is 0 Å². The quantitative estimate of drug-likeness (QED) is 0.351. The van der Waals surface area contributed by atoms with Gasteiger partial charge in [0, 0.05) is 6.08 Å². The molecule has 0 bridgehead atoms. The minimum atomic E-state index is -0.670. The number of carbonyl (C=O) groups is 2. The monoisotopic (exact) mass is 162 g/mol. The number of ether oxygens (including phenoxy) is 1. The second-order valence-corrected chi connectivity index (χ2v) is 1.78. The van der Waals surface area contributed by atoms with E-state index in [1.807, 2.05) is 0 Å². The van der Waals surface area contributed by atoms with Crippen LogP contribution in [0.25, 0.3) is 0 Å². The zero-order valence-corrected chi connectivity index (χ0v) is 6.22. The minimum absolute atomic E-state index is 0.197. The maximum atomic E-state index is 10.6. The molecular weight excluding hydrogens is 156 g/mol. The predicted octanol–water partition coefficient (Wildman–Crippen LogP) is 0.871. The fraction of sp³-hybridized carbons (Fsp3) is 0.333. The second-order valence-electron chi connectivity index (χ2n) is 1.37. The summed E-state index contributed by atoms with van der Waals surface area (Å²) in [4.78, 5) is 20.3. The van der Waals surface area contributed by atoms with Crippen molar-refractivity contribution in [3.8, 4) is 0 Å². The van der Waals surface area contributed by atoms with Gasteiger partial charge in [0.25, 0.3) is 0 Å². The molecule has 3 nitrogen and oxygen atoms in total. The van der Waals surface area contributed by atoms with Gasteiger partial charge in [0.05, 0.1) is 6.61 Å².